The number of esters is 1. The summed E-state index contributed by atoms with van der Waals surface area (Å²) in [6.45, 7) is 2.08. The molecular formula is C19H13BrN4O5. The second kappa shape index (κ2) is 8.53. The number of rotatable bonds is 6. The molecule has 0 saturated carbocycles. The highest BCUT2D eigenvalue weighted by atomic mass is 79.9. The van der Waals surface area contributed by atoms with Gasteiger partial charge in [-0.15, -0.1) is 0 Å². The normalized spacial score (nSPS) is 10.2. The van der Waals surface area contributed by atoms with Crippen molar-refractivity contribution in [2.24, 2.45) is 0 Å². The molecule has 0 radical (unpaired) electrons. The maximum atomic E-state index is 12.5. The predicted octanol–water partition coefficient (Wildman–Crippen LogP) is 4.03. The average Bonchev–Trinajstić information content (AvgIpc) is 3.21. The Labute approximate surface area is 173 Å². The quantitative estimate of drug-likeness (QED) is 0.237. The van der Waals surface area contributed by atoms with E-state index in [9.17, 15) is 14.9 Å². The second-order valence-electron chi connectivity index (χ2n) is 5.64. The monoisotopic (exact) mass is 456 g/mol. The van der Waals surface area contributed by atoms with Gasteiger partial charge in [0.05, 0.1) is 33.3 Å². The SMILES string of the molecule is CCOc1cc(C#N)cc(Br)c1OC(=O)c1ccn(-c2cccc([N+](=O)[O-])c2)n1. The topological polar surface area (TPSA) is 120 Å². The molecule has 0 bridgehead atoms. The molecule has 0 fully saturated rings. The molecule has 9 nitrogen and oxygen atoms in total. The van der Waals surface area contributed by atoms with Crippen LogP contribution in [0.3, 0.4) is 0 Å². The van der Waals surface area contributed by atoms with E-state index in [0.717, 1.165) is 0 Å². The zero-order chi connectivity index (χ0) is 21.0. The van der Waals surface area contributed by atoms with Crippen LogP contribution in [-0.2, 0) is 0 Å². The van der Waals surface area contributed by atoms with Crippen molar-refractivity contribution >= 4 is 27.6 Å². The van der Waals surface area contributed by atoms with Crippen LogP contribution >= 0.6 is 15.9 Å². The molecule has 1 aromatic heterocycles. The van der Waals surface area contributed by atoms with Gasteiger partial charge in [-0.1, -0.05) is 6.07 Å². The lowest BCUT2D eigenvalue weighted by molar-refractivity contribution is -0.384. The number of carbonyl (C=O) groups excluding carboxylic acids is 1. The lowest BCUT2D eigenvalue weighted by Crippen LogP contribution is -2.12. The maximum Gasteiger partial charge on any atom is 0.364 e. The van der Waals surface area contributed by atoms with Gasteiger partial charge >= 0.3 is 5.97 Å². The number of nitro benzene ring substituents is 1. The fourth-order valence-electron chi connectivity index (χ4n) is 2.47. The van der Waals surface area contributed by atoms with Crippen molar-refractivity contribution < 1.29 is 19.2 Å². The Morgan fingerprint density at radius 1 is 1.34 bits per heavy atom. The molecule has 0 atom stereocenters. The minimum Gasteiger partial charge on any atom is -0.490 e. The molecule has 0 spiro atoms. The molecule has 3 aromatic rings. The molecule has 2 aromatic carbocycles. The van der Waals surface area contributed by atoms with Crippen LogP contribution in [0.5, 0.6) is 11.5 Å². The minimum absolute atomic E-state index is 0.00443. The number of aromatic nitrogens is 2. The summed E-state index contributed by atoms with van der Waals surface area (Å²) >= 11 is 3.28. The minimum atomic E-state index is -0.749. The van der Waals surface area contributed by atoms with Gasteiger partial charge in [-0.25, -0.2) is 9.48 Å². The van der Waals surface area contributed by atoms with Crippen LogP contribution in [0.15, 0.2) is 53.1 Å². The third-order valence-electron chi connectivity index (χ3n) is 3.74. The van der Waals surface area contributed by atoms with Gasteiger partial charge in [-0.3, -0.25) is 10.1 Å². The number of benzene rings is 2. The van der Waals surface area contributed by atoms with Crippen molar-refractivity contribution in [1.82, 2.24) is 9.78 Å². The average molecular weight is 457 g/mol. The first-order chi connectivity index (χ1) is 13.9. The largest absolute Gasteiger partial charge is 0.490 e. The highest BCUT2D eigenvalue weighted by Gasteiger charge is 2.19. The Bertz CT molecular complexity index is 1140. The van der Waals surface area contributed by atoms with Gasteiger partial charge in [-0.05, 0) is 41.1 Å². The molecule has 0 aliphatic rings. The van der Waals surface area contributed by atoms with Gasteiger partial charge in [0.2, 0.25) is 0 Å². The van der Waals surface area contributed by atoms with Crippen LogP contribution in [0.4, 0.5) is 5.69 Å². The molecule has 0 saturated heterocycles. The number of non-ortho nitro benzene ring substituents is 1. The van der Waals surface area contributed by atoms with Crippen LogP contribution in [-0.4, -0.2) is 27.3 Å². The van der Waals surface area contributed by atoms with Crippen molar-refractivity contribution in [3.8, 4) is 23.3 Å². The zero-order valence-electron chi connectivity index (χ0n) is 15.0. The molecule has 0 unspecified atom stereocenters. The zero-order valence-corrected chi connectivity index (χ0v) is 16.6. The molecule has 1 heterocycles. The van der Waals surface area contributed by atoms with Crippen LogP contribution < -0.4 is 9.47 Å². The summed E-state index contributed by atoms with van der Waals surface area (Å²) in [6, 6.07) is 12.3. The van der Waals surface area contributed by atoms with Gasteiger partial charge in [0.15, 0.2) is 17.2 Å². The summed E-state index contributed by atoms with van der Waals surface area (Å²) in [5.41, 5.74) is 0.670. The standard InChI is InChI=1S/C19H13BrN4O5/c1-2-28-17-9-12(11-21)8-15(20)18(17)29-19(25)16-6-7-23(22-16)13-4-3-5-14(10-13)24(26)27/h3-10H,2H2,1H3. The lowest BCUT2D eigenvalue weighted by Gasteiger charge is -2.12. The van der Waals surface area contributed by atoms with Crippen molar-refractivity contribution in [2.75, 3.05) is 6.61 Å². The van der Waals surface area contributed by atoms with E-state index in [1.165, 1.54) is 47.3 Å². The summed E-state index contributed by atoms with van der Waals surface area (Å²) < 4.78 is 12.6. The number of nitriles is 1. The van der Waals surface area contributed by atoms with Crippen LogP contribution in [0, 0.1) is 21.4 Å². The van der Waals surface area contributed by atoms with Crippen molar-refractivity contribution in [3.05, 3.63) is 74.5 Å². The molecule has 146 valence electrons. The highest BCUT2D eigenvalue weighted by molar-refractivity contribution is 9.10. The summed E-state index contributed by atoms with van der Waals surface area (Å²) in [6.07, 6.45) is 1.49. The molecule has 29 heavy (non-hydrogen) atoms. The smallest absolute Gasteiger partial charge is 0.364 e. The molecular weight excluding hydrogens is 444 g/mol. The van der Waals surface area contributed by atoms with E-state index in [1.54, 1.807) is 13.0 Å². The number of hydrogen-bond acceptors (Lipinski definition) is 7. The summed E-state index contributed by atoms with van der Waals surface area (Å²) in [4.78, 5) is 23.0. The van der Waals surface area contributed by atoms with Gasteiger partial charge in [0.1, 0.15) is 0 Å². The van der Waals surface area contributed by atoms with E-state index in [-0.39, 0.29) is 22.9 Å². The lowest BCUT2D eigenvalue weighted by atomic mass is 10.2. The Hall–Kier alpha value is -3.71. The summed E-state index contributed by atoms with van der Waals surface area (Å²) in [5.74, 6) is -0.383. The third kappa shape index (κ3) is 4.41. The number of carbonyl (C=O) groups is 1. The number of nitro groups is 1. The maximum absolute atomic E-state index is 12.5. The Balaban J connectivity index is 1.87. The summed E-state index contributed by atoms with van der Waals surface area (Å²) in [7, 11) is 0. The van der Waals surface area contributed by atoms with Gasteiger partial charge < -0.3 is 9.47 Å². The fraction of sp³-hybridized carbons (Fsp3) is 0.105. The number of ether oxygens (including phenoxy) is 2. The number of halogens is 1. The van der Waals surface area contributed by atoms with Gasteiger partial charge in [0, 0.05) is 24.4 Å². The number of hydrogen-bond donors (Lipinski definition) is 0. The third-order valence-corrected chi connectivity index (χ3v) is 4.33. The molecule has 10 heteroatoms. The van der Waals surface area contributed by atoms with E-state index in [0.29, 0.717) is 22.3 Å². The van der Waals surface area contributed by atoms with Crippen molar-refractivity contribution in [3.63, 3.8) is 0 Å². The van der Waals surface area contributed by atoms with E-state index in [4.69, 9.17) is 14.7 Å². The van der Waals surface area contributed by atoms with Crippen LogP contribution in [0.25, 0.3) is 5.69 Å². The van der Waals surface area contributed by atoms with E-state index in [1.807, 2.05) is 6.07 Å². The van der Waals surface area contributed by atoms with Gasteiger partial charge in [0.25, 0.3) is 5.69 Å². The van der Waals surface area contributed by atoms with Crippen molar-refractivity contribution in [1.29, 1.82) is 5.26 Å². The van der Waals surface area contributed by atoms with Gasteiger partial charge in [-0.2, -0.15) is 10.4 Å². The predicted molar refractivity (Wildman–Crippen MR) is 105 cm³/mol. The van der Waals surface area contributed by atoms with E-state index >= 15 is 0 Å². The Morgan fingerprint density at radius 3 is 2.83 bits per heavy atom. The highest BCUT2D eigenvalue weighted by Crippen LogP contribution is 2.37. The molecule has 0 aliphatic carbocycles. The molecule has 0 N–H and O–H groups in total. The second-order valence-corrected chi connectivity index (χ2v) is 6.50. The fourth-order valence-corrected chi connectivity index (χ4v) is 2.99. The molecule has 0 aliphatic heterocycles. The number of nitrogens with zero attached hydrogens (tertiary/aromatic N) is 4. The molecule has 3 rings (SSSR count). The first kappa shape index (κ1) is 20.0. The Morgan fingerprint density at radius 2 is 2.14 bits per heavy atom. The first-order valence-electron chi connectivity index (χ1n) is 8.32. The van der Waals surface area contributed by atoms with Crippen molar-refractivity contribution in [2.45, 2.75) is 6.92 Å². The van der Waals surface area contributed by atoms with E-state index in [2.05, 4.69) is 21.0 Å². The van der Waals surface area contributed by atoms with E-state index < -0.39 is 10.9 Å². The van der Waals surface area contributed by atoms with Crippen LogP contribution in [0.2, 0.25) is 0 Å². The Kier molecular flexibility index (Phi) is 5.90. The summed E-state index contributed by atoms with van der Waals surface area (Å²) in [5, 5.41) is 24.1. The molecule has 0 amide bonds. The first-order valence-corrected chi connectivity index (χ1v) is 9.11. The van der Waals surface area contributed by atoms with Crippen LogP contribution in [0.1, 0.15) is 23.0 Å².